The Hall–Kier alpha value is -2.50. The minimum absolute atomic E-state index is 0.261. The van der Waals surface area contributed by atoms with Crippen molar-refractivity contribution in [1.29, 1.82) is 0 Å². The number of hydrogen-bond donors (Lipinski definition) is 1. The quantitative estimate of drug-likeness (QED) is 0.853. The number of carbonyl (C=O) groups is 2. The molecule has 0 saturated carbocycles. The number of benzene rings is 1. The molecule has 0 fully saturated rings. The number of carboxylic acid groups (broad SMARTS) is 1. The molecule has 0 aliphatic carbocycles. The number of fused-ring (bicyclic) bond motifs is 1. The molecule has 1 N–H and O–H groups in total. The monoisotopic (exact) mass is 292 g/mol. The Morgan fingerprint density at radius 3 is 2.71 bits per heavy atom. The molecule has 0 amide bonds. The van der Waals surface area contributed by atoms with Gasteiger partial charge in [0.1, 0.15) is 22.7 Å². The van der Waals surface area contributed by atoms with E-state index >= 15 is 0 Å². The van der Waals surface area contributed by atoms with Gasteiger partial charge in [0.25, 0.3) is 0 Å². The van der Waals surface area contributed by atoms with Gasteiger partial charge in [-0.1, -0.05) is 0 Å². The minimum Gasteiger partial charge on any atom is -0.479 e. The SMILES string of the molecule is CCOC(=O)c1c(C)oc2ccc(OC(C)C(=O)O)cc12. The summed E-state index contributed by atoms with van der Waals surface area (Å²) in [5.41, 5.74) is 0.853. The molecule has 2 rings (SSSR count). The second-order valence-corrected chi connectivity index (χ2v) is 4.51. The van der Waals surface area contributed by atoms with Crippen molar-refractivity contribution < 1.29 is 28.6 Å². The molecule has 1 aromatic carbocycles. The number of hydrogen-bond acceptors (Lipinski definition) is 5. The van der Waals surface area contributed by atoms with Crippen LogP contribution in [0.3, 0.4) is 0 Å². The van der Waals surface area contributed by atoms with E-state index in [2.05, 4.69) is 0 Å². The highest BCUT2D eigenvalue weighted by Crippen LogP contribution is 2.30. The Balaban J connectivity index is 2.43. The number of esters is 1. The first-order chi connectivity index (χ1) is 9.93. The number of carbonyl (C=O) groups excluding carboxylic acids is 1. The van der Waals surface area contributed by atoms with Gasteiger partial charge in [0.15, 0.2) is 6.10 Å². The van der Waals surface area contributed by atoms with E-state index < -0.39 is 18.0 Å². The van der Waals surface area contributed by atoms with Crippen LogP contribution < -0.4 is 4.74 Å². The van der Waals surface area contributed by atoms with Crippen LogP contribution in [0.25, 0.3) is 11.0 Å². The third kappa shape index (κ3) is 2.99. The third-order valence-electron chi connectivity index (χ3n) is 2.98. The summed E-state index contributed by atoms with van der Waals surface area (Å²) in [7, 11) is 0. The predicted molar refractivity (Wildman–Crippen MR) is 74.6 cm³/mol. The van der Waals surface area contributed by atoms with Crippen LogP contribution in [0.15, 0.2) is 22.6 Å². The molecule has 0 spiro atoms. The van der Waals surface area contributed by atoms with Crippen molar-refractivity contribution in [2.75, 3.05) is 6.61 Å². The lowest BCUT2D eigenvalue weighted by Crippen LogP contribution is -2.22. The zero-order chi connectivity index (χ0) is 15.6. The normalized spacial score (nSPS) is 12.1. The van der Waals surface area contributed by atoms with Crippen molar-refractivity contribution in [3.05, 3.63) is 29.5 Å². The van der Waals surface area contributed by atoms with Gasteiger partial charge in [-0.2, -0.15) is 0 Å². The van der Waals surface area contributed by atoms with Crippen LogP contribution in [0.5, 0.6) is 5.75 Å². The third-order valence-corrected chi connectivity index (χ3v) is 2.98. The number of ether oxygens (including phenoxy) is 2. The summed E-state index contributed by atoms with van der Waals surface area (Å²) in [6.45, 7) is 5.09. The van der Waals surface area contributed by atoms with E-state index in [1.54, 1.807) is 32.0 Å². The number of furan rings is 1. The topological polar surface area (TPSA) is 86.0 Å². The first-order valence-electron chi connectivity index (χ1n) is 6.53. The molecule has 21 heavy (non-hydrogen) atoms. The molecular weight excluding hydrogens is 276 g/mol. The lowest BCUT2D eigenvalue weighted by atomic mass is 10.1. The van der Waals surface area contributed by atoms with Gasteiger partial charge in [-0.15, -0.1) is 0 Å². The Labute approximate surface area is 121 Å². The van der Waals surface area contributed by atoms with Crippen molar-refractivity contribution in [2.45, 2.75) is 26.9 Å². The van der Waals surface area contributed by atoms with Crippen molar-refractivity contribution in [2.24, 2.45) is 0 Å². The van der Waals surface area contributed by atoms with Gasteiger partial charge in [0.05, 0.1) is 6.61 Å². The Bertz CT molecular complexity index is 685. The summed E-state index contributed by atoms with van der Waals surface area (Å²) in [5.74, 6) is -0.739. The molecule has 0 saturated heterocycles. The summed E-state index contributed by atoms with van der Waals surface area (Å²) >= 11 is 0. The highest BCUT2D eigenvalue weighted by molar-refractivity contribution is 6.04. The maximum Gasteiger partial charge on any atom is 0.344 e. The van der Waals surface area contributed by atoms with E-state index in [-0.39, 0.29) is 6.61 Å². The number of carboxylic acids is 1. The molecule has 1 unspecified atom stereocenters. The molecule has 1 heterocycles. The molecule has 0 bridgehead atoms. The lowest BCUT2D eigenvalue weighted by Gasteiger charge is -2.10. The average molecular weight is 292 g/mol. The summed E-state index contributed by atoms with van der Waals surface area (Å²) in [6, 6.07) is 4.81. The van der Waals surface area contributed by atoms with E-state index in [1.165, 1.54) is 6.92 Å². The molecule has 0 aliphatic rings. The van der Waals surface area contributed by atoms with E-state index in [1.807, 2.05) is 0 Å². The first-order valence-corrected chi connectivity index (χ1v) is 6.53. The predicted octanol–water partition coefficient (Wildman–Crippen LogP) is 2.77. The van der Waals surface area contributed by atoms with Gasteiger partial charge in [0, 0.05) is 5.39 Å². The number of rotatable bonds is 5. The maximum absolute atomic E-state index is 12.0. The van der Waals surface area contributed by atoms with Crippen LogP contribution in [0.2, 0.25) is 0 Å². The minimum atomic E-state index is -1.07. The van der Waals surface area contributed by atoms with Crippen molar-refractivity contribution in [1.82, 2.24) is 0 Å². The summed E-state index contributed by atoms with van der Waals surface area (Å²) in [5, 5.41) is 9.40. The van der Waals surface area contributed by atoms with Crippen molar-refractivity contribution in [3.63, 3.8) is 0 Å². The molecule has 6 nitrogen and oxygen atoms in total. The summed E-state index contributed by atoms with van der Waals surface area (Å²) in [4.78, 5) is 22.8. The van der Waals surface area contributed by atoms with Crippen LogP contribution in [-0.2, 0) is 9.53 Å². The van der Waals surface area contributed by atoms with Crippen LogP contribution in [0.4, 0.5) is 0 Å². The standard InChI is InChI=1S/C15H16O6/c1-4-19-15(18)13-8(2)21-12-6-5-10(7-11(12)13)20-9(3)14(16)17/h5-7,9H,4H2,1-3H3,(H,16,17). The van der Waals surface area contributed by atoms with Gasteiger partial charge in [0.2, 0.25) is 0 Å². The highest BCUT2D eigenvalue weighted by Gasteiger charge is 2.20. The molecule has 112 valence electrons. The second-order valence-electron chi connectivity index (χ2n) is 4.51. The molecule has 0 aliphatic heterocycles. The lowest BCUT2D eigenvalue weighted by molar-refractivity contribution is -0.144. The zero-order valence-corrected chi connectivity index (χ0v) is 12.0. The molecule has 6 heteroatoms. The Kier molecular flexibility index (Phi) is 4.16. The van der Waals surface area contributed by atoms with E-state index in [0.29, 0.717) is 28.0 Å². The molecule has 2 aromatic rings. The molecule has 1 atom stereocenters. The fraction of sp³-hybridized carbons (Fsp3) is 0.333. The van der Waals surface area contributed by atoms with Gasteiger partial charge < -0.3 is 19.0 Å². The fourth-order valence-corrected chi connectivity index (χ4v) is 1.98. The number of aryl methyl sites for hydroxylation is 1. The van der Waals surface area contributed by atoms with Crippen molar-refractivity contribution in [3.8, 4) is 5.75 Å². The first kappa shape index (κ1) is 14.9. The van der Waals surface area contributed by atoms with Crippen LogP contribution in [0, 0.1) is 6.92 Å². The van der Waals surface area contributed by atoms with Crippen LogP contribution in [-0.4, -0.2) is 29.8 Å². The van der Waals surface area contributed by atoms with E-state index in [4.69, 9.17) is 19.0 Å². The van der Waals surface area contributed by atoms with Gasteiger partial charge in [-0.3, -0.25) is 0 Å². The smallest absolute Gasteiger partial charge is 0.344 e. The number of aliphatic carboxylic acids is 1. The molecule has 0 radical (unpaired) electrons. The van der Waals surface area contributed by atoms with Crippen LogP contribution >= 0.6 is 0 Å². The molecule has 1 aromatic heterocycles. The Morgan fingerprint density at radius 2 is 2.10 bits per heavy atom. The summed E-state index contributed by atoms with van der Waals surface area (Å²) < 4.78 is 15.8. The average Bonchev–Trinajstić information content (AvgIpc) is 2.74. The van der Waals surface area contributed by atoms with Crippen molar-refractivity contribution >= 4 is 22.9 Å². The van der Waals surface area contributed by atoms with E-state index in [0.717, 1.165) is 0 Å². The zero-order valence-electron chi connectivity index (χ0n) is 12.0. The highest BCUT2D eigenvalue weighted by atomic mass is 16.5. The van der Waals surface area contributed by atoms with Crippen LogP contribution in [0.1, 0.15) is 30.0 Å². The summed E-state index contributed by atoms with van der Waals surface area (Å²) in [6.07, 6.45) is -0.985. The maximum atomic E-state index is 12.0. The van der Waals surface area contributed by atoms with Gasteiger partial charge >= 0.3 is 11.9 Å². The van der Waals surface area contributed by atoms with Gasteiger partial charge in [-0.05, 0) is 39.0 Å². The second kappa shape index (κ2) is 5.87. The molecular formula is C15H16O6. The Morgan fingerprint density at radius 1 is 1.38 bits per heavy atom. The fourth-order valence-electron chi connectivity index (χ4n) is 1.98. The van der Waals surface area contributed by atoms with Gasteiger partial charge in [-0.25, -0.2) is 9.59 Å². The van der Waals surface area contributed by atoms with E-state index in [9.17, 15) is 9.59 Å². The largest absolute Gasteiger partial charge is 0.479 e.